The van der Waals surface area contributed by atoms with E-state index in [4.69, 9.17) is 0 Å². The van der Waals surface area contributed by atoms with Crippen LogP contribution in [0.5, 0.6) is 0 Å². The molecular formula is C7H12O. The number of hydrogen-bond acceptors (Lipinski definition) is 1. The number of rotatable bonds is 0. The fraction of sp³-hybridized carbons (Fsp3) is 1.00. The first kappa shape index (κ1) is 4.80. The van der Waals surface area contributed by atoms with Gasteiger partial charge in [0, 0.05) is 0 Å². The van der Waals surface area contributed by atoms with Gasteiger partial charge in [0.05, 0.1) is 6.10 Å². The van der Waals surface area contributed by atoms with Gasteiger partial charge in [0.1, 0.15) is 0 Å². The molecule has 2 bridgehead atoms. The van der Waals surface area contributed by atoms with Crippen LogP contribution in [0.2, 0.25) is 0 Å². The Kier molecular flexibility index (Phi) is 0.762. The maximum absolute atomic E-state index is 9.31. The van der Waals surface area contributed by atoms with Gasteiger partial charge >= 0.3 is 0 Å². The molecule has 0 amide bonds. The average Bonchev–Trinajstić information content (AvgIpc) is 1.89. The van der Waals surface area contributed by atoms with Crippen LogP contribution in [-0.2, 0) is 0 Å². The van der Waals surface area contributed by atoms with E-state index in [9.17, 15) is 5.11 Å². The second kappa shape index (κ2) is 1.27. The largest absolute Gasteiger partial charge is 0.393 e. The van der Waals surface area contributed by atoms with E-state index < -0.39 is 0 Å². The molecule has 8 heavy (non-hydrogen) atoms. The highest BCUT2D eigenvalue weighted by Gasteiger charge is 2.48. The molecule has 1 N–H and O–H groups in total. The Hall–Kier alpha value is -0.0400. The Morgan fingerprint density at radius 3 is 2.00 bits per heavy atom. The van der Waals surface area contributed by atoms with Crippen LogP contribution in [0, 0.1) is 17.8 Å². The molecule has 0 saturated heterocycles. The summed E-state index contributed by atoms with van der Waals surface area (Å²) >= 11 is 0. The molecule has 1 heteroatoms. The first-order valence-corrected chi connectivity index (χ1v) is 3.47. The molecule has 0 aromatic rings. The molecule has 2 atom stereocenters. The van der Waals surface area contributed by atoms with Gasteiger partial charge in [-0.15, -0.1) is 0 Å². The maximum Gasteiger partial charge on any atom is 0.0596 e. The van der Waals surface area contributed by atoms with Gasteiger partial charge in [-0.05, 0) is 30.6 Å². The molecule has 3 aliphatic carbocycles. The SMILES string of the molecule is CC1C2CC(C2)C1O. The summed E-state index contributed by atoms with van der Waals surface area (Å²) < 4.78 is 0. The zero-order valence-electron chi connectivity index (χ0n) is 5.17. The van der Waals surface area contributed by atoms with Crippen molar-refractivity contribution in [3.05, 3.63) is 0 Å². The lowest BCUT2D eigenvalue weighted by Gasteiger charge is -2.22. The highest BCUT2D eigenvalue weighted by Crippen LogP contribution is 2.51. The zero-order chi connectivity index (χ0) is 5.72. The normalized spacial score (nSPS) is 60.8. The molecular weight excluding hydrogens is 100 g/mol. The highest BCUT2D eigenvalue weighted by molar-refractivity contribution is 4.98. The highest BCUT2D eigenvalue weighted by atomic mass is 16.3. The van der Waals surface area contributed by atoms with Crippen LogP contribution in [0.25, 0.3) is 0 Å². The summed E-state index contributed by atoms with van der Waals surface area (Å²) in [6.07, 6.45) is 2.67. The van der Waals surface area contributed by atoms with E-state index in [1.54, 1.807) is 0 Å². The third-order valence-electron chi connectivity index (χ3n) is 2.98. The Bertz CT molecular complexity index is 93.0. The van der Waals surface area contributed by atoms with Crippen molar-refractivity contribution in [3.8, 4) is 0 Å². The fourth-order valence-corrected chi connectivity index (χ4v) is 2.13. The van der Waals surface area contributed by atoms with E-state index in [0.717, 1.165) is 5.92 Å². The molecule has 3 fully saturated rings. The molecule has 3 rings (SSSR count). The minimum Gasteiger partial charge on any atom is -0.393 e. The van der Waals surface area contributed by atoms with Gasteiger partial charge in [-0.2, -0.15) is 0 Å². The lowest BCUT2D eigenvalue weighted by Crippen LogP contribution is -2.16. The van der Waals surface area contributed by atoms with Crippen LogP contribution in [0.1, 0.15) is 19.8 Å². The smallest absolute Gasteiger partial charge is 0.0596 e. The maximum atomic E-state index is 9.31. The molecule has 0 aromatic heterocycles. The van der Waals surface area contributed by atoms with E-state index in [2.05, 4.69) is 6.92 Å². The average molecular weight is 112 g/mol. The fourth-order valence-electron chi connectivity index (χ4n) is 2.13. The van der Waals surface area contributed by atoms with Crippen LogP contribution in [0.4, 0.5) is 0 Å². The Morgan fingerprint density at radius 1 is 1.25 bits per heavy atom. The third-order valence-corrected chi connectivity index (χ3v) is 2.98. The summed E-state index contributed by atoms with van der Waals surface area (Å²) in [6, 6.07) is 0. The molecule has 2 unspecified atom stereocenters. The molecule has 0 aromatic carbocycles. The second-order valence-electron chi connectivity index (χ2n) is 3.34. The quantitative estimate of drug-likeness (QED) is 0.496. The minimum atomic E-state index is 0.0556. The van der Waals surface area contributed by atoms with Crippen LogP contribution < -0.4 is 0 Å². The molecule has 0 aliphatic heterocycles. The van der Waals surface area contributed by atoms with Gasteiger partial charge in [0.2, 0.25) is 0 Å². The van der Waals surface area contributed by atoms with Crippen LogP contribution >= 0.6 is 0 Å². The first-order chi connectivity index (χ1) is 3.79. The van der Waals surface area contributed by atoms with Crippen LogP contribution in [0.15, 0.2) is 0 Å². The summed E-state index contributed by atoms with van der Waals surface area (Å²) in [7, 11) is 0. The lowest BCUT2D eigenvalue weighted by atomic mass is 9.83. The van der Waals surface area contributed by atoms with Crippen molar-refractivity contribution in [2.45, 2.75) is 25.9 Å². The van der Waals surface area contributed by atoms with Gasteiger partial charge < -0.3 is 5.11 Å². The summed E-state index contributed by atoms with van der Waals surface area (Å²) in [5.74, 6) is 2.19. The molecule has 0 radical (unpaired) electrons. The lowest BCUT2D eigenvalue weighted by molar-refractivity contribution is 0.116. The van der Waals surface area contributed by atoms with E-state index in [-0.39, 0.29) is 6.10 Å². The number of hydrogen-bond donors (Lipinski definition) is 1. The predicted octanol–water partition coefficient (Wildman–Crippen LogP) is 1.02. The predicted molar refractivity (Wildman–Crippen MR) is 31.4 cm³/mol. The van der Waals surface area contributed by atoms with E-state index in [1.807, 2.05) is 0 Å². The van der Waals surface area contributed by atoms with E-state index in [0.29, 0.717) is 11.8 Å². The Labute approximate surface area is 49.7 Å². The second-order valence-corrected chi connectivity index (χ2v) is 3.34. The van der Waals surface area contributed by atoms with Crippen LogP contribution in [-0.4, -0.2) is 11.2 Å². The number of aliphatic hydroxyl groups is 1. The van der Waals surface area contributed by atoms with Crippen molar-refractivity contribution < 1.29 is 5.11 Å². The molecule has 0 spiro atoms. The molecule has 1 nitrogen and oxygen atoms in total. The van der Waals surface area contributed by atoms with Crippen molar-refractivity contribution in [1.29, 1.82) is 0 Å². The van der Waals surface area contributed by atoms with Crippen LogP contribution in [0.3, 0.4) is 0 Å². The minimum absolute atomic E-state index is 0.0556. The zero-order valence-corrected chi connectivity index (χ0v) is 5.17. The first-order valence-electron chi connectivity index (χ1n) is 3.47. The van der Waals surface area contributed by atoms with Crippen molar-refractivity contribution in [1.82, 2.24) is 0 Å². The summed E-state index contributed by atoms with van der Waals surface area (Å²) in [6.45, 7) is 2.17. The van der Waals surface area contributed by atoms with Crippen molar-refractivity contribution in [2.75, 3.05) is 0 Å². The molecule has 3 aliphatic rings. The van der Waals surface area contributed by atoms with Crippen molar-refractivity contribution >= 4 is 0 Å². The summed E-state index contributed by atoms with van der Waals surface area (Å²) in [5.41, 5.74) is 0. The van der Waals surface area contributed by atoms with E-state index >= 15 is 0 Å². The van der Waals surface area contributed by atoms with Crippen molar-refractivity contribution in [2.24, 2.45) is 17.8 Å². The van der Waals surface area contributed by atoms with E-state index in [1.165, 1.54) is 12.8 Å². The standard InChI is InChI=1S/C7H12O/c1-4-5-2-6(3-5)7(4)8/h4-8H,2-3H2,1H3. The molecule has 46 valence electrons. The van der Waals surface area contributed by atoms with Gasteiger partial charge in [0.25, 0.3) is 0 Å². The van der Waals surface area contributed by atoms with Gasteiger partial charge in [0.15, 0.2) is 0 Å². The topological polar surface area (TPSA) is 20.2 Å². The van der Waals surface area contributed by atoms with Gasteiger partial charge in [-0.25, -0.2) is 0 Å². The third kappa shape index (κ3) is 0.368. The summed E-state index contributed by atoms with van der Waals surface area (Å²) in [4.78, 5) is 0. The Morgan fingerprint density at radius 2 is 1.88 bits per heavy atom. The monoisotopic (exact) mass is 112 g/mol. The molecule has 0 heterocycles. The molecule has 3 saturated carbocycles. The number of aliphatic hydroxyl groups excluding tert-OH is 1. The van der Waals surface area contributed by atoms with Crippen molar-refractivity contribution in [3.63, 3.8) is 0 Å². The number of fused-ring (bicyclic) bond motifs is 1. The summed E-state index contributed by atoms with van der Waals surface area (Å²) in [5, 5.41) is 9.31. The van der Waals surface area contributed by atoms with Gasteiger partial charge in [-0.1, -0.05) is 6.92 Å². The Balaban J connectivity index is 2.16. The van der Waals surface area contributed by atoms with Gasteiger partial charge in [-0.3, -0.25) is 0 Å².